The van der Waals surface area contributed by atoms with Crippen LogP contribution in [0.5, 0.6) is 11.5 Å². The lowest BCUT2D eigenvalue weighted by molar-refractivity contribution is -0.0571. The summed E-state index contributed by atoms with van der Waals surface area (Å²) in [7, 11) is 5.51. The summed E-state index contributed by atoms with van der Waals surface area (Å²) in [5.41, 5.74) is 7.70. The number of hydrogen-bond donors (Lipinski definition) is 1. The Morgan fingerprint density at radius 3 is 2.52 bits per heavy atom. The molecule has 1 atom stereocenters. The number of benzene rings is 4. The van der Waals surface area contributed by atoms with Gasteiger partial charge in [0.2, 0.25) is 0 Å². The summed E-state index contributed by atoms with van der Waals surface area (Å²) in [5.74, 6) is 0.0819. The second-order valence-electron chi connectivity index (χ2n) is 15.5. The lowest BCUT2D eigenvalue weighted by Gasteiger charge is -2.30. The summed E-state index contributed by atoms with van der Waals surface area (Å²) in [4.78, 5) is 13.1. The molecule has 1 unspecified atom stereocenters. The number of nitrogens with zero attached hydrogens (tertiary/aromatic N) is 5. The molecule has 300 valence electrons. The van der Waals surface area contributed by atoms with E-state index < -0.39 is 11.6 Å². The van der Waals surface area contributed by atoms with E-state index in [0.717, 1.165) is 66.8 Å². The molecule has 1 N–H and O–H groups in total. The van der Waals surface area contributed by atoms with Gasteiger partial charge in [-0.1, -0.05) is 29.8 Å². The van der Waals surface area contributed by atoms with E-state index in [1.807, 2.05) is 90.4 Å². The highest BCUT2D eigenvalue weighted by Gasteiger charge is 2.37. The number of methoxy groups -OCH3 is 1. The van der Waals surface area contributed by atoms with Crippen LogP contribution < -0.4 is 9.47 Å². The van der Waals surface area contributed by atoms with Crippen molar-refractivity contribution >= 4 is 39.2 Å². The first-order valence-corrected chi connectivity index (χ1v) is 20.0. The maximum absolute atomic E-state index is 14.5. The van der Waals surface area contributed by atoms with Gasteiger partial charge in [-0.3, -0.25) is 9.36 Å². The second-order valence-corrected chi connectivity index (χ2v) is 15.9. The molecule has 1 aliphatic rings. The van der Waals surface area contributed by atoms with Gasteiger partial charge in [0.1, 0.15) is 34.3 Å². The molecule has 1 aliphatic heterocycles. The molecule has 4 aromatic carbocycles. The molecule has 4 heterocycles. The van der Waals surface area contributed by atoms with E-state index in [4.69, 9.17) is 36.0 Å². The molecule has 0 aliphatic carbocycles. The lowest BCUT2D eigenvalue weighted by Crippen LogP contribution is -2.28. The van der Waals surface area contributed by atoms with Crippen LogP contribution in [0.2, 0.25) is 5.02 Å². The van der Waals surface area contributed by atoms with E-state index >= 15 is 0 Å². The molecule has 7 aromatic rings. The predicted octanol–water partition coefficient (Wildman–Crippen LogP) is 9.68. The minimum atomic E-state index is -1.03. The van der Waals surface area contributed by atoms with Crippen molar-refractivity contribution in [1.29, 1.82) is 0 Å². The van der Waals surface area contributed by atoms with Crippen molar-refractivity contribution in [1.82, 2.24) is 24.1 Å². The Labute approximate surface area is 341 Å². The number of hydrogen-bond acceptors (Lipinski definition) is 6. The zero-order valence-electron chi connectivity index (χ0n) is 33.7. The number of carbonyl (C=O) groups is 1. The SMILES string of the molecule is COc1ccc(COC2(C)CCc3cc(n(C)n3)CCc3cc(c4ccc(F)cc4c3)OCCCn3c(C(=O)O)c(C)c4c(c(Cl)ccc43)-c3c2nn(C)c3C)cc1. The van der Waals surface area contributed by atoms with Crippen LogP contribution in [-0.2, 0) is 56.8 Å². The molecule has 12 heteroatoms. The van der Waals surface area contributed by atoms with Gasteiger partial charge in [-0.05, 0) is 130 Å². The van der Waals surface area contributed by atoms with Crippen molar-refractivity contribution in [2.75, 3.05) is 13.7 Å². The van der Waals surface area contributed by atoms with Gasteiger partial charge in [-0.25, -0.2) is 9.18 Å². The van der Waals surface area contributed by atoms with Gasteiger partial charge in [0.25, 0.3) is 0 Å². The monoisotopic (exact) mass is 803 g/mol. The fourth-order valence-electron chi connectivity index (χ4n) is 8.47. The van der Waals surface area contributed by atoms with Crippen molar-refractivity contribution in [3.05, 3.63) is 129 Å². The average Bonchev–Trinajstić information content (AvgIpc) is 3.82. The van der Waals surface area contributed by atoms with Crippen LogP contribution in [0.1, 0.15) is 69.7 Å². The van der Waals surface area contributed by atoms with Gasteiger partial charge < -0.3 is 23.9 Å². The van der Waals surface area contributed by atoms with Crippen LogP contribution in [0.4, 0.5) is 4.39 Å². The number of ether oxygens (including phenoxy) is 3. The fourth-order valence-corrected chi connectivity index (χ4v) is 8.72. The molecule has 0 saturated carbocycles. The third kappa shape index (κ3) is 7.22. The van der Waals surface area contributed by atoms with E-state index in [2.05, 4.69) is 13.0 Å². The maximum Gasteiger partial charge on any atom is 0.352 e. The molecule has 8 rings (SSSR count). The summed E-state index contributed by atoms with van der Waals surface area (Å²) < 4.78 is 38.9. The molecular weight excluding hydrogens is 757 g/mol. The highest BCUT2D eigenvalue weighted by Crippen LogP contribution is 2.46. The highest BCUT2D eigenvalue weighted by atomic mass is 35.5. The minimum Gasteiger partial charge on any atom is -0.497 e. The van der Waals surface area contributed by atoms with Crippen LogP contribution in [0.25, 0.3) is 32.8 Å². The van der Waals surface area contributed by atoms with Crippen LogP contribution in [0.15, 0.2) is 72.8 Å². The topological polar surface area (TPSA) is 106 Å². The van der Waals surface area contributed by atoms with Crippen LogP contribution in [0, 0.1) is 19.7 Å². The summed E-state index contributed by atoms with van der Waals surface area (Å²) in [5, 5.41) is 23.6. The number of halogens is 2. The zero-order valence-corrected chi connectivity index (χ0v) is 34.4. The number of carboxylic acids is 1. The molecular formula is C46H47ClFN5O5. The number of aromatic carboxylic acids is 1. The molecule has 3 aromatic heterocycles. The quantitative estimate of drug-likeness (QED) is 0.185. The van der Waals surface area contributed by atoms with Gasteiger partial charge in [0.15, 0.2) is 0 Å². The molecule has 58 heavy (non-hydrogen) atoms. The molecule has 0 saturated heterocycles. The van der Waals surface area contributed by atoms with E-state index in [0.29, 0.717) is 73.9 Å². The molecule has 0 fully saturated rings. The van der Waals surface area contributed by atoms with E-state index in [1.165, 1.54) is 12.1 Å². The molecule has 0 radical (unpaired) electrons. The zero-order chi connectivity index (χ0) is 40.9. The third-order valence-electron chi connectivity index (χ3n) is 11.7. The van der Waals surface area contributed by atoms with Crippen molar-refractivity contribution in [2.24, 2.45) is 14.1 Å². The molecule has 0 amide bonds. The number of fused-ring (bicyclic) bond motifs is 8. The Bertz CT molecular complexity index is 2700. The highest BCUT2D eigenvalue weighted by molar-refractivity contribution is 6.35. The Hall–Kier alpha value is -5.65. The fraction of sp³-hybridized carbons (Fsp3) is 0.326. The standard InChI is InChI=1S/C46H47ClFN5O5/c1-27-40-38-17-16-37(47)42(40)41-28(2)51(4)50-44(41)46(3,58-26-29-9-13-35(56-6)14-10-29)19-18-33-25-34(52(5)49-33)12-8-30-22-31-24-32(48)11-15-36(31)39(23-30)57-21-7-20-53(38)43(27)45(54)55/h9-11,13-17,22-25H,7-8,12,18-21,26H2,1-6H3,(H,54,55). The Morgan fingerprint density at radius 1 is 0.966 bits per heavy atom. The molecule has 8 bridgehead atoms. The van der Waals surface area contributed by atoms with Gasteiger partial charge in [0.05, 0.1) is 26.0 Å². The van der Waals surface area contributed by atoms with Crippen molar-refractivity contribution < 1.29 is 28.5 Å². The van der Waals surface area contributed by atoms with Crippen LogP contribution in [0.3, 0.4) is 0 Å². The van der Waals surface area contributed by atoms with Gasteiger partial charge >= 0.3 is 5.97 Å². The van der Waals surface area contributed by atoms with Gasteiger partial charge in [-0.2, -0.15) is 10.2 Å². The average molecular weight is 804 g/mol. The summed E-state index contributed by atoms with van der Waals surface area (Å²) >= 11 is 7.22. The van der Waals surface area contributed by atoms with E-state index in [1.54, 1.807) is 13.2 Å². The van der Waals surface area contributed by atoms with Crippen molar-refractivity contribution in [3.8, 4) is 22.6 Å². The van der Waals surface area contributed by atoms with Crippen molar-refractivity contribution in [3.63, 3.8) is 0 Å². The number of aromatic nitrogens is 5. The number of rotatable bonds is 5. The van der Waals surface area contributed by atoms with Crippen LogP contribution >= 0.6 is 11.6 Å². The van der Waals surface area contributed by atoms with Gasteiger partial charge in [0, 0.05) is 64.5 Å². The smallest absolute Gasteiger partial charge is 0.352 e. The third-order valence-corrected chi connectivity index (χ3v) is 12.0. The Kier molecular flexibility index (Phi) is 10.5. The minimum absolute atomic E-state index is 0.191. The summed E-state index contributed by atoms with van der Waals surface area (Å²) in [6.45, 7) is 6.91. The maximum atomic E-state index is 14.5. The predicted molar refractivity (Wildman–Crippen MR) is 224 cm³/mol. The van der Waals surface area contributed by atoms with E-state index in [9.17, 15) is 14.3 Å². The van der Waals surface area contributed by atoms with Crippen LogP contribution in [-0.4, -0.2) is 48.9 Å². The normalized spacial score (nSPS) is 16.3. The second kappa shape index (κ2) is 15.6. The summed E-state index contributed by atoms with van der Waals surface area (Å²) in [6, 6.07) is 22.5. The molecule has 0 spiro atoms. The summed E-state index contributed by atoms with van der Waals surface area (Å²) in [6.07, 6.45) is 3.05. The first-order valence-electron chi connectivity index (χ1n) is 19.6. The first-order chi connectivity index (χ1) is 27.8. The van der Waals surface area contributed by atoms with Gasteiger partial charge in [-0.15, -0.1) is 0 Å². The molecule has 10 nitrogen and oxygen atoms in total. The first kappa shape index (κ1) is 39.2. The Balaban J connectivity index is 1.29. The number of carboxylic acid groups (broad SMARTS) is 1. The Morgan fingerprint density at radius 2 is 1.76 bits per heavy atom. The van der Waals surface area contributed by atoms with E-state index in [-0.39, 0.29) is 11.5 Å². The van der Waals surface area contributed by atoms with Crippen molar-refractivity contribution in [2.45, 2.75) is 71.6 Å². The lowest BCUT2D eigenvalue weighted by atomic mass is 9.87. The largest absolute Gasteiger partial charge is 0.497 e. The number of aryl methyl sites for hydroxylation is 7.